The molecule has 0 radical (unpaired) electrons. The molecule has 40 heavy (non-hydrogen) atoms. The van der Waals surface area contributed by atoms with Crippen LogP contribution < -0.4 is 14.2 Å². The first-order valence-electron chi connectivity index (χ1n) is 12.1. The Hall–Kier alpha value is -4.38. The van der Waals surface area contributed by atoms with Gasteiger partial charge in [-0.2, -0.15) is 0 Å². The molecule has 1 atom stereocenters. The Morgan fingerprint density at radius 1 is 1.02 bits per heavy atom. The van der Waals surface area contributed by atoms with E-state index >= 15 is 0 Å². The molecule has 0 amide bonds. The first kappa shape index (κ1) is 28.6. The maximum absolute atomic E-state index is 13.0. The summed E-state index contributed by atoms with van der Waals surface area (Å²) in [4.78, 5) is 11.2. The van der Waals surface area contributed by atoms with E-state index in [2.05, 4.69) is 9.89 Å². The fourth-order valence-electron chi connectivity index (χ4n) is 4.01. The Kier molecular flexibility index (Phi) is 8.15. The van der Waals surface area contributed by atoms with E-state index in [0.717, 1.165) is 0 Å². The molecular weight excluding hydrogens is 553 g/mol. The van der Waals surface area contributed by atoms with Gasteiger partial charge in [-0.1, -0.05) is 36.7 Å². The van der Waals surface area contributed by atoms with Crippen LogP contribution in [0.1, 0.15) is 26.5 Å². The van der Waals surface area contributed by atoms with Crippen molar-refractivity contribution in [3.05, 3.63) is 71.4 Å². The second-order valence-electron chi connectivity index (χ2n) is 8.30. The predicted molar refractivity (Wildman–Crippen MR) is 143 cm³/mol. The number of nitrogens with zero attached hydrogens (tertiary/aromatic N) is 2. The lowest BCUT2D eigenvalue weighted by molar-refractivity contribution is -0.274. The minimum Gasteiger partial charge on any atom is -0.479 e. The van der Waals surface area contributed by atoms with Crippen molar-refractivity contribution >= 4 is 39.4 Å². The third kappa shape index (κ3) is 5.94. The molecule has 3 aromatic carbocycles. The molecule has 0 saturated heterocycles. The van der Waals surface area contributed by atoms with Crippen LogP contribution in [-0.4, -0.2) is 33.3 Å². The number of carboxylic acid groups (broad SMARTS) is 1. The van der Waals surface area contributed by atoms with Crippen molar-refractivity contribution in [2.45, 2.75) is 40.2 Å². The van der Waals surface area contributed by atoms with Gasteiger partial charge in [0.25, 0.3) is 0 Å². The number of hydrogen-bond donors (Lipinski definition) is 1. The minimum absolute atomic E-state index is 0.223. The first-order valence-corrected chi connectivity index (χ1v) is 12.5. The van der Waals surface area contributed by atoms with Gasteiger partial charge in [-0.15, -0.1) is 13.2 Å². The first-order chi connectivity index (χ1) is 19.0. The van der Waals surface area contributed by atoms with E-state index < -0.39 is 24.2 Å². The van der Waals surface area contributed by atoms with Gasteiger partial charge in [0.15, 0.2) is 23.3 Å². The van der Waals surface area contributed by atoms with Gasteiger partial charge >= 0.3 is 12.3 Å². The average Bonchev–Trinajstić information content (AvgIpc) is 3.42. The zero-order chi connectivity index (χ0) is 29.2. The van der Waals surface area contributed by atoms with E-state index in [1.165, 1.54) is 31.2 Å². The van der Waals surface area contributed by atoms with Crippen LogP contribution in [0.4, 0.5) is 13.2 Å². The quantitative estimate of drug-likeness (QED) is 0.208. The molecule has 0 spiro atoms. The van der Waals surface area contributed by atoms with E-state index in [-0.39, 0.29) is 17.2 Å². The maximum Gasteiger partial charge on any atom is 0.573 e. The monoisotopic (exact) mass is 576 g/mol. The van der Waals surface area contributed by atoms with Crippen LogP contribution in [0.25, 0.3) is 27.7 Å². The molecule has 0 fully saturated rings. The van der Waals surface area contributed by atoms with Crippen molar-refractivity contribution in [3.63, 3.8) is 0 Å². The third-order valence-corrected chi connectivity index (χ3v) is 5.90. The van der Waals surface area contributed by atoms with Crippen molar-refractivity contribution < 1.29 is 41.8 Å². The number of ether oxygens (including phenoxy) is 3. The summed E-state index contributed by atoms with van der Waals surface area (Å²) in [6.45, 7) is 7.09. The maximum atomic E-state index is 13.0. The van der Waals surface area contributed by atoms with Gasteiger partial charge < -0.3 is 23.8 Å². The van der Waals surface area contributed by atoms with Crippen LogP contribution in [0.2, 0.25) is 5.02 Å². The van der Waals surface area contributed by atoms with E-state index in [4.69, 9.17) is 30.7 Å². The molecule has 0 aliphatic carbocycles. The second-order valence-corrected chi connectivity index (χ2v) is 8.74. The number of rotatable bonds is 7. The minimum atomic E-state index is -4.89. The molecule has 1 N–H and O–H groups in total. The van der Waals surface area contributed by atoms with E-state index in [0.29, 0.717) is 38.4 Å². The van der Waals surface area contributed by atoms with E-state index in [9.17, 15) is 18.0 Å². The standard InChI is InChI=1S/C26H18ClF3N2O6.C2H6/c1-13-23(36-17-5-3-4-16(11-17)35-14(2)25(33)34)20-12-18(37-26(28,29)30)7-9-21(20)32(13)24-19-8-6-15(27)10-22(19)38-31-24;1-2/h3-12,14H,1-2H3,(H,33,34);1-2H3. The largest absolute Gasteiger partial charge is 0.573 e. The van der Waals surface area contributed by atoms with Crippen LogP contribution >= 0.6 is 11.6 Å². The number of carbonyl (C=O) groups is 1. The van der Waals surface area contributed by atoms with Gasteiger partial charge in [0.2, 0.25) is 0 Å². The van der Waals surface area contributed by atoms with Crippen LogP contribution in [0.3, 0.4) is 0 Å². The summed E-state index contributed by atoms with van der Waals surface area (Å²) >= 11 is 6.06. The predicted octanol–water partition coefficient (Wildman–Crippen LogP) is 8.30. The molecule has 0 bridgehead atoms. The van der Waals surface area contributed by atoms with E-state index in [1.807, 2.05) is 13.8 Å². The normalized spacial score (nSPS) is 12.1. The second kappa shape index (κ2) is 11.4. The Morgan fingerprint density at radius 2 is 1.75 bits per heavy atom. The lowest BCUT2D eigenvalue weighted by Gasteiger charge is -2.12. The Morgan fingerprint density at radius 3 is 2.45 bits per heavy atom. The van der Waals surface area contributed by atoms with Gasteiger partial charge in [0, 0.05) is 22.5 Å². The highest BCUT2D eigenvalue weighted by Gasteiger charge is 2.32. The van der Waals surface area contributed by atoms with Crippen molar-refractivity contribution in [1.29, 1.82) is 0 Å². The summed E-state index contributed by atoms with van der Waals surface area (Å²) in [7, 11) is 0. The third-order valence-electron chi connectivity index (χ3n) is 5.66. The Balaban J connectivity index is 0.00000181. The molecule has 210 valence electrons. The highest BCUT2D eigenvalue weighted by molar-refractivity contribution is 6.31. The van der Waals surface area contributed by atoms with Gasteiger partial charge in [-0.05, 0) is 56.3 Å². The number of benzene rings is 3. The van der Waals surface area contributed by atoms with Gasteiger partial charge in [-0.3, -0.25) is 4.57 Å². The zero-order valence-electron chi connectivity index (χ0n) is 21.7. The van der Waals surface area contributed by atoms with E-state index in [1.54, 1.807) is 47.9 Å². The fourth-order valence-corrected chi connectivity index (χ4v) is 4.17. The molecule has 0 aliphatic heterocycles. The molecule has 12 heteroatoms. The summed E-state index contributed by atoms with van der Waals surface area (Å²) in [6.07, 6.45) is -6.00. The summed E-state index contributed by atoms with van der Waals surface area (Å²) < 4.78 is 61.7. The SMILES string of the molecule is CC.Cc1c(Oc2cccc(OC(C)C(=O)O)c2)c2cc(OC(F)(F)F)ccc2n1-c1noc2cc(Cl)ccc12. The topological polar surface area (TPSA) is 96.0 Å². The van der Waals surface area contributed by atoms with Crippen LogP contribution in [-0.2, 0) is 4.79 Å². The number of hydrogen-bond acceptors (Lipinski definition) is 6. The lowest BCUT2D eigenvalue weighted by Crippen LogP contribution is -2.22. The summed E-state index contributed by atoms with van der Waals surface area (Å²) in [6, 6.07) is 15.1. The van der Waals surface area contributed by atoms with Crippen molar-refractivity contribution in [3.8, 4) is 28.8 Å². The zero-order valence-corrected chi connectivity index (χ0v) is 22.5. The molecular formula is C28H24ClF3N2O6. The molecule has 1 unspecified atom stereocenters. The number of aromatic nitrogens is 2. The summed E-state index contributed by atoms with van der Waals surface area (Å²) in [5, 5.41) is 14.7. The number of alkyl halides is 3. The molecule has 5 rings (SSSR count). The lowest BCUT2D eigenvalue weighted by atomic mass is 10.2. The molecule has 8 nitrogen and oxygen atoms in total. The van der Waals surface area contributed by atoms with Gasteiger partial charge in [0.1, 0.15) is 17.2 Å². The van der Waals surface area contributed by atoms with Crippen LogP contribution in [0, 0.1) is 6.92 Å². The smallest absolute Gasteiger partial charge is 0.479 e. The fraction of sp³-hybridized carbons (Fsp3) is 0.214. The summed E-state index contributed by atoms with van der Waals surface area (Å²) in [5.74, 6) is -0.475. The van der Waals surface area contributed by atoms with Crippen LogP contribution in [0.15, 0.2) is 65.2 Å². The van der Waals surface area contributed by atoms with Crippen molar-refractivity contribution in [2.75, 3.05) is 0 Å². The van der Waals surface area contributed by atoms with Gasteiger partial charge in [0.05, 0.1) is 16.6 Å². The Labute approximate surface area is 231 Å². The highest BCUT2D eigenvalue weighted by atomic mass is 35.5. The van der Waals surface area contributed by atoms with Crippen molar-refractivity contribution in [2.24, 2.45) is 0 Å². The highest BCUT2D eigenvalue weighted by Crippen LogP contribution is 2.42. The molecule has 2 aromatic heterocycles. The Bertz CT molecular complexity index is 1680. The molecule has 2 heterocycles. The summed E-state index contributed by atoms with van der Waals surface area (Å²) in [5.41, 5.74) is 1.40. The number of aliphatic carboxylic acids is 1. The number of carboxylic acids is 1. The van der Waals surface area contributed by atoms with Crippen molar-refractivity contribution in [1.82, 2.24) is 9.72 Å². The van der Waals surface area contributed by atoms with Crippen LogP contribution in [0.5, 0.6) is 23.0 Å². The molecule has 5 aromatic rings. The number of halogens is 4. The number of fused-ring (bicyclic) bond motifs is 2. The molecule has 0 saturated carbocycles. The average molecular weight is 577 g/mol. The molecule has 0 aliphatic rings. The van der Waals surface area contributed by atoms with Gasteiger partial charge in [-0.25, -0.2) is 4.79 Å².